The molecule has 1 aliphatic rings. The van der Waals surface area contributed by atoms with Crippen LogP contribution in [0.15, 0.2) is 12.5 Å². The number of nitrogens with zero attached hydrogens (tertiary/aromatic N) is 2. The van der Waals surface area contributed by atoms with Gasteiger partial charge in [-0.3, -0.25) is 4.79 Å². The molecule has 3 amide bonds. The Morgan fingerprint density at radius 3 is 2.84 bits per heavy atom. The Kier molecular flexibility index (Phi) is 4.35. The van der Waals surface area contributed by atoms with Gasteiger partial charge in [0.2, 0.25) is 5.91 Å². The summed E-state index contributed by atoms with van der Waals surface area (Å²) in [5.41, 5.74) is 6.04. The highest BCUT2D eigenvalue weighted by Crippen LogP contribution is 2.01. The molecule has 0 aliphatic carbocycles. The Bertz CT molecular complexity index is 428. The van der Waals surface area contributed by atoms with E-state index in [1.165, 1.54) is 6.33 Å². The fourth-order valence-electron chi connectivity index (χ4n) is 1.85. The molecule has 8 nitrogen and oxygen atoms in total. The predicted octanol–water partition coefficient (Wildman–Crippen LogP) is -1.15. The molecule has 1 fully saturated rings. The summed E-state index contributed by atoms with van der Waals surface area (Å²) in [5, 5.41) is 2.63. The van der Waals surface area contributed by atoms with E-state index >= 15 is 0 Å². The number of amides is 3. The molecule has 4 N–H and O–H groups in total. The number of primary amides is 1. The van der Waals surface area contributed by atoms with Crippen LogP contribution in [0.1, 0.15) is 5.69 Å². The van der Waals surface area contributed by atoms with E-state index in [4.69, 9.17) is 10.5 Å². The first-order valence-electron chi connectivity index (χ1n) is 6.06. The fourth-order valence-corrected chi connectivity index (χ4v) is 1.85. The summed E-state index contributed by atoms with van der Waals surface area (Å²) in [5.74, 6) is -0.573. The molecule has 1 aliphatic heterocycles. The number of ether oxygens (including phenoxy) is 1. The summed E-state index contributed by atoms with van der Waals surface area (Å²) < 4.78 is 5.16. The molecule has 1 aromatic rings. The first-order valence-corrected chi connectivity index (χ1v) is 6.06. The van der Waals surface area contributed by atoms with Crippen molar-refractivity contribution in [2.45, 2.75) is 12.5 Å². The zero-order chi connectivity index (χ0) is 13.7. The molecular formula is C11H17N5O3. The first-order chi connectivity index (χ1) is 9.16. The van der Waals surface area contributed by atoms with Gasteiger partial charge in [0.1, 0.15) is 6.04 Å². The number of rotatable bonds is 4. The molecule has 1 saturated heterocycles. The van der Waals surface area contributed by atoms with Crippen LogP contribution in [0.25, 0.3) is 0 Å². The number of carbonyl (C=O) groups is 2. The van der Waals surface area contributed by atoms with Gasteiger partial charge in [0.25, 0.3) is 0 Å². The van der Waals surface area contributed by atoms with Crippen LogP contribution in [0.3, 0.4) is 0 Å². The van der Waals surface area contributed by atoms with Crippen molar-refractivity contribution >= 4 is 11.9 Å². The number of nitrogens with one attached hydrogen (secondary N) is 2. The van der Waals surface area contributed by atoms with Crippen LogP contribution in [-0.2, 0) is 16.0 Å². The molecule has 8 heteroatoms. The molecule has 104 valence electrons. The molecule has 1 atom stereocenters. The van der Waals surface area contributed by atoms with Gasteiger partial charge in [-0.25, -0.2) is 9.78 Å². The number of hydrogen-bond donors (Lipinski definition) is 3. The standard InChI is InChI=1S/C11H17N5O3/c12-10(17)9(5-8-6-13-7-14-8)15-11(18)16-1-3-19-4-2-16/h6-7,9H,1-5H2,(H2,12,17)(H,13,14)(H,15,18). The molecule has 0 bridgehead atoms. The van der Waals surface area contributed by atoms with Gasteiger partial charge in [0.05, 0.1) is 19.5 Å². The number of hydrogen-bond acceptors (Lipinski definition) is 4. The maximum Gasteiger partial charge on any atom is 0.318 e. The van der Waals surface area contributed by atoms with Gasteiger partial charge in [-0.15, -0.1) is 0 Å². The smallest absolute Gasteiger partial charge is 0.318 e. The van der Waals surface area contributed by atoms with Crippen LogP contribution in [0.2, 0.25) is 0 Å². The number of imidazole rings is 1. The maximum absolute atomic E-state index is 12.0. The predicted molar refractivity (Wildman–Crippen MR) is 66.2 cm³/mol. The second-order valence-electron chi connectivity index (χ2n) is 4.28. The Hall–Kier alpha value is -2.09. The summed E-state index contributed by atoms with van der Waals surface area (Å²) >= 11 is 0. The molecule has 0 aromatic carbocycles. The van der Waals surface area contributed by atoms with Gasteiger partial charge in [-0.05, 0) is 0 Å². The zero-order valence-electron chi connectivity index (χ0n) is 10.5. The van der Waals surface area contributed by atoms with Crippen LogP contribution in [-0.4, -0.2) is 59.2 Å². The molecule has 2 rings (SSSR count). The third-order valence-electron chi connectivity index (χ3n) is 2.92. The number of aromatic amines is 1. The van der Waals surface area contributed by atoms with Gasteiger partial charge in [0, 0.05) is 31.4 Å². The number of morpholine rings is 1. The van der Waals surface area contributed by atoms with Crippen molar-refractivity contribution in [1.29, 1.82) is 0 Å². The Labute approximate surface area is 110 Å². The van der Waals surface area contributed by atoms with Crippen LogP contribution < -0.4 is 11.1 Å². The van der Waals surface area contributed by atoms with Crippen molar-refractivity contribution in [2.24, 2.45) is 5.73 Å². The first kappa shape index (κ1) is 13.3. The average molecular weight is 267 g/mol. The fraction of sp³-hybridized carbons (Fsp3) is 0.545. The van der Waals surface area contributed by atoms with Gasteiger partial charge < -0.3 is 25.7 Å². The van der Waals surface area contributed by atoms with Crippen LogP contribution in [0.4, 0.5) is 4.79 Å². The summed E-state index contributed by atoms with van der Waals surface area (Å²) in [4.78, 5) is 31.7. The van der Waals surface area contributed by atoms with Crippen LogP contribution in [0.5, 0.6) is 0 Å². The summed E-state index contributed by atoms with van der Waals surface area (Å²) in [6.45, 7) is 2.05. The maximum atomic E-state index is 12.0. The normalized spacial score (nSPS) is 16.9. The van der Waals surface area contributed by atoms with E-state index in [1.807, 2.05) is 0 Å². The number of H-pyrrole nitrogens is 1. The molecule has 0 spiro atoms. The number of nitrogens with two attached hydrogens (primary N) is 1. The van der Waals surface area contributed by atoms with E-state index in [0.29, 0.717) is 32.7 Å². The van der Waals surface area contributed by atoms with Crippen LogP contribution in [0, 0.1) is 0 Å². The van der Waals surface area contributed by atoms with E-state index in [1.54, 1.807) is 11.1 Å². The highest BCUT2D eigenvalue weighted by atomic mass is 16.5. The second kappa shape index (κ2) is 6.19. The lowest BCUT2D eigenvalue weighted by Gasteiger charge is -2.28. The van der Waals surface area contributed by atoms with Crippen molar-refractivity contribution in [1.82, 2.24) is 20.2 Å². The lowest BCUT2D eigenvalue weighted by atomic mass is 10.1. The SMILES string of the molecule is NC(=O)C(Cc1cnc[nH]1)NC(=O)N1CCOCC1. The van der Waals surface area contributed by atoms with Gasteiger partial charge in [-0.2, -0.15) is 0 Å². The summed E-state index contributed by atoms with van der Waals surface area (Å²) in [7, 11) is 0. The summed E-state index contributed by atoms with van der Waals surface area (Å²) in [6.07, 6.45) is 3.40. The number of aromatic nitrogens is 2. The zero-order valence-corrected chi connectivity index (χ0v) is 10.5. The van der Waals surface area contributed by atoms with E-state index < -0.39 is 11.9 Å². The Morgan fingerprint density at radius 2 is 2.26 bits per heavy atom. The van der Waals surface area contributed by atoms with Crippen molar-refractivity contribution < 1.29 is 14.3 Å². The molecule has 0 saturated carbocycles. The van der Waals surface area contributed by atoms with Gasteiger partial charge in [-0.1, -0.05) is 0 Å². The quantitative estimate of drug-likeness (QED) is 0.639. The largest absolute Gasteiger partial charge is 0.378 e. The van der Waals surface area contributed by atoms with Crippen molar-refractivity contribution in [3.05, 3.63) is 18.2 Å². The minimum Gasteiger partial charge on any atom is -0.378 e. The number of urea groups is 1. The Morgan fingerprint density at radius 1 is 1.53 bits per heavy atom. The highest BCUT2D eigenvalue weighted by Gasteiger charge is 2.23. The highest BCUT2D eigenvalue weighted by molar-refractivity contribution is 5.86. The number of carbonyl (C=O) groups excluding carboxylic acids is 2. The van der Waals surface area contributed by atoms with Crippen LogP contribution >= 0.6 is 0 Å². The molecule has 1 unspecified atom stereocenters. The molecular weight excluding hydrogens is 250 g/mol. The monoisotopic (exact) mass is 267 g/mol. The molecule has 1 aromatic heterocycles. The lowest BCUT2D eigenvalue weighted by Crippen LogP contribution is -2.53. The lowest BCUT2D eigenvalue weighted by molar-refractivity contribution is -0.119. The third kappa shape index (κ3) is 3.68. The molecule has 19 heavy (non-hydrogen) atoms. The van der Waals surface area contributed by atoms with Crippen molar-refractivity contribution in [3.8, 4) is 0 Å². The second-order valence-corrected chi connectivity index (χ2v) is 4.28. The average Bonchev–Trinajstić information content (AvgIpc) is 2.91. The minimum absolute atomic E-state index is 0.297. The summed E-state index contributed by atoms with van der Waals surface area (Å²) in [6, 6.07) is -1.05. The van der Waals surface area contributed by atoms with E-state index in [2.05, 4.69) is 15.3 Å². The topological polar surface area (TPSA) is 113 Å². The minimum atomic E-state index is -0.754. The van der Waals surface area contributed by atoms with Gasteiger partial charge in [0.15, 0.2) is 0 Å². The van der Waals surface area contributed by atoms with Crippen molar-refractivity contribution in [3.63, 3.8) is 0 Å². The van der Waals surface area contributed by atoms with E-state index in [-0.39, 0.29) is 6.03 Å². The molecule has 0 radical (unpaired) electrons. The van der Waals surface area contributed by atoms with E-state index in [0.717, 1.165) is 5.69 Å². The Balaban J connectivity index is 1.92. The van der Waals surface area contributed by atoms with Crippen molar-refractivity contribution in [2.75, 3.05) is 26.3 Å². The van der Waals surface area contributed by atoms with Gasteiger partial charge >= 0.3 is 6.03 Å². The molecule has 2 heterocycles. The van der Waals surface area contributed by atoms with E-state index in [9.17, 15) is 9.59 Å². The third-order valence-corrected chi connectivity index (χ3v) is 2.92.